The molecule has 0 bridgehead atoms. The second-order valence-corrected chi connectivity index (χ2v) is 5.85. The standard InChI is InChI=1S/C19H23NO2/c1-2-22-18-11-10-15-8-4-5-9-16(15)19(18)17(21)14-20-12-6-3-7-13-20/h4-5,8-11H,2-3,6-7,12-14H2,1H3. The number of Topliss-reactive ketones (excluding diaryl/α,β-unsaturated/α-hetero) is 1. The van der Waals surface area contributed by atoms with Crippen molar-refractivity contribution in [3.8, 4) is 5.75 Å². The molecule has 0 aliphatic carbocycles. The highest BCUT2D eigenvalue weighted by Gasteiger charge is 2.20. The lowest BCUT2D eigenvalue weighted by Crippen LogP contribution is -2.34. The number of piperidine rings is 1. The molecule has 0 radical (unpaired) electrons. The van der Waals surface area contributed by atoms with Crippen molar-refractivity contribution in [3.05, 3.63) is 42.0 Å². The van der Waals surface area contributed by atoms with Crippen molar-refractivity contribution in [2.75, 3.05) is 26.2 Å². The molecule has 0 atom stereocenters. The zero-order chi connectivity index (χ0) is 15.4. The molecule has 1 aliphatic rings. The van der Waals surface area contributed by atoms with Gasteiger partial charge in [0.1, 0.15) is 5.75 Å². The second-order valence-electron chi connectivity index (χ2n) is 5.85. The summed E-state index contributed by atoms with van der Waals surface area (Å²) in [6.45, 7) is 5.07. The summed E-state index contributed by atoms with van der Waals surface area (Å²) in [4.78, 5) is 15.2. The van der Waals surface area contributed by atoms with E-state index in [1.54, 1.807) is 0 Å². The van der Waals surface area contributed by atoms with Crippen LogP contribution < -0.4 is 4.74 Å². The molecular formula is C19H23NO2. The molecular weight excluding hydrogens is 274 g/mol. The Morgan fingerprint density at radius 1 is 1.09 bits per heavy atom. The molecule has 3 nitrogen and oxygen atoms in total. The summed E-state index contributed by atoms with van der Waals surface area (Å²) in [7, 11) is 0. The van der Waals surface area contributed by atoms with Gasteiger partial charge in [-0.25, -0.2) is 0 Å². The van der Waals surface area contributed by atoms with E-state index in [9.17, 15) is 4.79 Å². The lowest BCUT2D eigenvalue weighted by Gasteiger charge is -2.26. The zero-order valence-electron chi connectivity index (χ0n) is 13.2. The van der Waals surface area contributed by atoms with Gasteiger partial charge in [-0.3, -0.25) is 9.69 Å². The van der Waals surface area contributed by atoms with Crippen LogP contribution >= 0.6 is 0 Å². The molecule has 0 saturated carbocycles. The van der Waals surface area contributed by atoms with Gasteiger partial charge in [0.15, 0.2) is 5.78 Å². The first-order valence-electron chi connectivity index (χ1n) is 8.19. The Morgan fingerprint density at radius 2 is 1.86 bits per heavy atom. The van der Waals surface area contributed by atoms with Crippen molar-refractivity contribution >= 4 is 16.6 Å². The van der Waals surface area contributed by atoms with Crippen molar-refractivity contribution in [1.29, 1.82) is 0 Å². The number of carbonyl (C=O) groups excluding carboxylic acids is 1. The topological polar surface area (TPSA) is 29.5 Å². The number of fused-ring (bicyclic) bond motifs is 1. The molecule has 1 aliphatic heterocycles. The largest absolute Gasteiger partial charge is 0.493 e. The van der Waals surface area contributed by atoms with Gasteiger partial charge in [-0.1, -0.05) is 36.8 Å². The zero-order valence-corrected chi connectivity index (χ0v) is 13.2. The lowest BCUT2D eigenvalue weighted by atomic mass is 9.99. The fraction of sp³-hybridized carbons (Fsp3) is 0.421. The molecule has 1 heterocycles. The number of nitrogens with zero attached hydrogens (tertiary/aromatic N) is 1. The maximum atomic E-state index is 12.9. The summed E-state index contributed by atoms with van der Waals surface area (Å²) in [5.41, 5.74) is 0.741. The number of hydrogen-bond donors (Lipinski definition) is 0. The van der Waals surface area contributed by atoms with Crippen LogP contribution in [0.2, 0.25) is 0 Å². The number of benzene rings is 2. The highest BCUT2D eigenvalue weighted by atomic mass is 16.5. The number of rotatable bonds is 5. The molecule has 22 heavy (non-hydrogen) atoms. The van der Waals surface area contributed by atoms with Crippen LogP contribution in [-0.4, -0.2) is 36.9 Å². The highest BCUT2D eigenvalue weighted by Crippen LogP contribution is 2.29. The quantitative estimate of drug-likeness (QED) is 0.784. The maximum Gasteiger partial charge on any atom is 0.181 e. The van der Waals surface area contributed by atoms with E-state index < -0.39 is 0 Å². The lowest BCUT2D eigenvalue weighted by molar-refractivity contribution is 0.0914. The van der Waals surface area contributed by atoms with Gasteiger partial charge in [0.2, 0.25) is 0 Å². The summed E-state index contributed by atoms with van der Waals surface area (Å²) in [5, 5.41) is 2.09. The molecule has 2 aromatic carbocycles. The van der Waals surface area contributed by atoms with Gasteiger partial charge in [0.25, 0.3) is 0 Å². The molecule has 0 unspecified atom stereocenters. The summed E-state index contributed by atoms with van der Waals surface area (Å²) >= 11 is 0. The van der Waals surface area contributed by atoms with Gasteiger partial charge in [0, 0.05) is 0 Å². The number of carbonyl (C=O) groups is 1. The van der Waals surface area contributed by atoms with Crippen LogP contribution in [0.5, 0.6) is 5.75 Å². The first-order valence-corrected chi connectivity index (χ1v) is 8.19. The Morgan fingerprint density at radius 3 is 2.64 bits per heavy atom. The summed E-state index contributed by atoms with van der Waals surface area (Å²) in [6, 6.07) is 12.0. The van der Waals surface area contributed by atoms with Gasteiger partial charge < -0.3 is 4.74 Å². The second kappa shape index (κ2) is 6.93. The van der Waals surface area contributed by atoms with Gasteiger partial charge in [-0.05, 0) is 49.7 Å². The number of ether oxygens (including phenoxy) is 1. The average molecular weight is 297 g/mol. The van der Waals surface area contributed by atoms with Gasteiger partial charge in [-0.2, -0.15) is 0 Å². The Kier molecular flexibility index (Phi) is 4.74. The SMILES string of the molecule is CCOc1ccc2ccccc2c1C(=O)CN1CCCCC1. The van der Waals surface area contributed by atoms with E-state index in [0.717, 1.165) is 29.4 Å². The maximum absolute atomic E-state index is 12.9. The fourth-order valence-corrected chi connectivity index (χ4v) is 3.21. The number of ketones is 1. The predicted octanol–water partition coefficient (Wildman–Crippen LogP) is 3.91. The van der Waals surface area contributed by atoms with E-state index in [1.165, 1.54) is 19.3 Å². The summed E-state index contributed by atoms with van der Waals surface area (Å²) < 4.78 is 5.72. The fourth-order valence-electron chi connectivity index (χ4n) is 3.21. The molecule has 0 spiro atoms. The van der Waals surface area contributed by atoms with Crippen LogP contribution in [0.15, 0.2) is 36.4 Å². The molecule has 1 saturated heterocycles. The predicted molar refractivity (Wildman–Crippen MR) is 89.7 cm³/mol. The molecule has 116 valence electrons. The van der Waals surface area contributed by atoms with E-state index >= 15 is 0 Å². The minimum Gasteiger partial charge on any atom is -0.493 e. The normalized spacial score (nSPS) is 15.9. The number of hydrogen-bond acceptors (Lipinski definition) is 3. The van der Waals surface area contributed by atoms with E-state index in [1.807, 2.05) is 43.3 Å². The summed E-state index contributed by atoms with van der Waals surface area (Å²) in [6.07, 6.45) is 3.67. The minimum absolute atomic E-state index is 0.169. The highest BCUT2D eigenvalue weighted by molar-refractivity contribution is 6.11. The average Bonchev–Trinajstić information content (AvgIpc) is 2.55. The van der Waals surface area contributed by atoms with E-state index in [-0.39, 0.29) is 5.78 Å². The molecule has 0 N–H and O–H groups in total. The van der Waals surface area contributed by atoms with Crippen LogP contribution in [0.1, 0.15) is 36.5 Å². The monoisotopic (exact) mass is 297 g/mol. The van der Waals surface area contributed by atoms with Crippen molar-refractivity contribution in [1.82, 2.24) is 4.90 Å². The van der Waals surface area contributed by atoms with Crippen LogP contribution in [0.3, 0.4) is 0 Å². The van der Waals surface area contributed by atoms with Crippen molar-refractivity contribution in [2.24, 2.45) is 0 Å². The van der Waals surface area contributed by atoms with Gasteiger partial charge in [-0.15, -0.1) is 0 Å². The Balaban J connectivity index is 1.95. The molecule has 0 amide bonds. The third kappa shape index (κ3) is 3.14. The molecule has 0 aromatic heterocycles. The molecule has 2 aromatic rings. The Bertz CT molecular complexity index is 660. The molecule has 1 fully saturated rings. The van der Waals surface area contributed by atoms with Crippen molar-refractivity contribution < 1.29 is 9.53 Å². The van der Waals surface area contributed by atoms with Crippen molar-refractivity contribution in [3.63, 3.8) is 0 Å². The first kappa shape index (κ1) is 15.0. The summed E-state index contributed by atoms with van der Waals surface area (Å²) in [5.74, 6) is 0.880. The Labute approximate surface area is 131 Å². The van der Waals surface area contributed by atoms with Crippen LogP contribution in [0, 0.1) is 0 Å². The molecule has 3 heteroatoms. The van der Waals surface area contributed by atoms with E-state index in [4.69, 9.17) is 4.74 Å². The first-order chi connectivity index (χ1) is 10.8. The minimum atomic E-state index is 0.169. The number of likely N-dealkylation sites (tertiary alicyclic amines) is 1. The third-order valence-corrected chi connectivity index (χ3v) is 4.29. The van der Waals surface area contributed by atoms with Crippen LogP contribution in [0.25, 0.3) is 10.8 Å². The van der Waals surface area contributed by atoms with Crippen LogP contribution in [0.4, 0.5) is 0 Å². The third-order valence-electron chi connectivity index (χ3n) is 4.29. The molecule has 3 rings (SSSR count). The van der Waals surface area contributed by atoms with Crippen molar-refractivity contribution in [2.45, 2.75) is 26.2 Å². The van der Waals surface area contributed by atoms with Gasteiger partial charge >= 0.3 is 0 Å². The Hall–Kier alpha value is -1.87. The van der Waals surface area contributed by atoms with Gasteiger partial charge in [0.05, 0.1) is 18.7 Å². The smallest absolute Gasteiger partial charge is 0.181 e. The van der Waals surface area contributed by atoms with Crippen LogP contribution in [-0.2, 0) is 0 Å². The van der Waals surface area contributed by atoms with E-state index in [0.29, 0.717) is 18.9 Å². The van der Waals surface area contributed by atoms with E-state index in [2.05, 4.69) is 4.90 Å².